The van der Waals surface area contributed by atoms with E-state index in [-0.39, 0.29) is 5.56 Å². The van der Waals surface area contributed by atoms with Gasteiger partial charge < -0.3 is 15.7 Å². The van der Waals surface area contributed by atoms with Crippen LogP contribution in [0.5, 0.6) is 0 Å². The summed E-state index contributed by atoms with van der Waals surface area (Å²) in [7, 11) is 0. The second kappa shape index (κ2) is 6.95. The van der Waals surface area contributed by atoms with Gasteiger partial charge in [0, 0.05) is 25.5 Å². The molecule has 0 unspecified atom stereocenters. The number of carbonyl (C=O) groups is 1. The van der Waals surface area contributed by atoms with Gasteiger partial charge in [-0.15, -0.1) is 0 Å². The molecule has 0 atom stereocenters. The summed E-state index contributed by atoms with van der Waals surface area (Å²) in [4.78, 5) is 18.3. The van der Waals surface area contributed by atoms with Gasteiger partial charge in [0.25, 0.3) is 0 Å². The lowest BCUT2D eigenvalue weighted by Crippen LogP contribution is -2.15. The highest BCUT2D eigenvalue weighted by Gasteiger charge is 2.30. The van der Waals surface area contributed by atoms with Crippen molar-refractivity contribution in [3.05, 3.63) is 47.8 Å². The van der Waals surface area contributed by atoms with Crippen LogP contribution >= 0.6 is 0 Å². The molecule has 0 bridgehead atoms. The van der Waals surface area contributed by atoms with Crippen LogP contribution in [0.2, 0.25) is 0 Å². The van der Waals surface area contributed by atoms with Crippen molar-refractivity contribution < 1.29 is 23.1 Å². The predicted molar refractivity (Wildman–Crippen MR) is 77.4 cm³/mol. The Hall–Kier alpha value is -2.84. The number of pyridine rings is 2. The molecule has 0 fully saturated rings. The molecule has 0 aliphatic heterocycles. The molecule has 2 aromatic rings. The molecule has 9 heteroatoms. The molecule has 2 rings (SSSR count). The van der Waals surface area contributed by atoms with Gasteiger partial charge in [-0.2, -0.15) is 13.2 Å². The van der Waals surface area contributed by atoms with E-state index in [1.54, 1.807) is 0 Å². The van der Waals surface area contributed by atoms with Gasteiger partial charge in [0.15, 0.2) is 0 Å². The molecule has 0 aliphatic carbocycles. The first-order chi connectivity index (χ1) is 10.9. The van der Waals surface area contributed by atoms with Gasteiger partial charge in [-0.25, -0.2) is 14.8 Å². The fraction of sp³-hybridized carbons (Fsp3) is 0.214. The molecule has 2 aromatic heterocycles. The Morgan fingerprint density at radius 3 is 1.96 bits per heavy atom. The maximum atomic E-state index is 12.4. The van der Waals surface area contributed by atoms with Crippen LogP contribution in [0.4, 0.5) is 24.8 Å². The highest BCUT2D eigenvalue weighted by atomic mass is 19.4. The van der Waals surface area contributed by atoms with Crippen molar-refractivity contribution >= 4 is 17.6 Å². The van der Waals surface area contributed by atoms with E-state index < -0.39 is 17.7 Å². The van der Waals surface area contributed by atoms with Crippen LogP contribution in [0.3, 0.4) is 0 Å². The van der Waals surface area contributed by atoms with E-state index >= 15 is 0 Å². The van der Waals surface area contributed by atoms with E-state index in [9.17, 15) is 18.0 Å². The third-order valence-electron chi connectivity index (χ3n) is 2.84. The van der Waals surface area contributed by atoms with E-state index in [4.69, 9.17) is 5.11 Å². The van der Waals surface area contributed by atoms with E-state index in [2.05, 4.69) is 20.6 Å². The molecule has 0 aliphatic rings. The zero-order valence-corrected chi connectivity index (χ0v) is 11.8. The predicted octanol–water partition coefficient (Wildman–Crippen LogP) is 2.72. The molecule has 122 valence electrons. The van der Waals surface area contributed by atoms with Crippen LogP contribution in [0.25, 0.3) is 0 Å². The smallest absolute Gasteiger partial charge is 0.417 e. The van der Waals surface area contributed by atoms with Crippen LogP contribution in [-0.4, -0.2) is 34.1 Å². The molecule has 0 saturated heterocycles. The summed E-state index contributed by atoms with van der Waals surface area (Å²) in [5.41, 5.74) is -0.716. The second-order valence-corrected chi connectivity index (χ2v) is 4.52. The standard InChI is InChI=1S/C14H13F3N4O2/c15-14(16,17)10-2-4-12(21-8-10)19-6-5-18-11-3-1-9(7-20-11)13(22)23/h1-4,7-8H,5-6H2,(H,18,20)(H,19,21)(H,22,23). The summed E-state index contributed by atoms with van der Waals surface area (Å²) in [6, 6.07) is 5.15. The number of nitrogens with zero attached hydrogens (tertiary/aromatic N) is 2. The Balaban J connectivity index is 1.78. The first kappa shape index (κ1) is 16.5. The monoisotopic (exact) mass is 326 g/mol. The number of nitrogens with one attached hydrogen (secondary N) is 2. The zero-order valence-electron chi connectivity index (χ0n) is 11.8. The number of aromatic nitrogens is 2. The number of anilines is 2. The molecular weight excluding hydrogens is 313 g/mol. The van der Waals surface area contributed by atoms with Crippen molar-refractivity contribution in [1.29, 1.82) is 0 Å². The normalized spacial score (nSPS) is 11.1. The molecule has 0 spiro atoms. The number of hydrogen-bond donors (Lipinski definition) is 3. The highest BCUT2D eigenvalue weighted by Crippen LogP contribution is 2.28. The Kier molecular flexibility index (Phi) is 4.99. The van der Waals surface area contributed by atoms with Gasteiger partial charge in [-0.3, -0.25) is 0 Å². The van der Waals surface area contributed by atoms with E-state index in [0.717, 1.165) is 12.3 Å². The van der Waals surface area contributed by atoms with Crippen molar-refractivity contribution in [2.24, 2.45) is 0 Å². The van der Waals surface area contributed by atoms with Gasteiger partial charge in [-0.1, -0.05) is 0 Å². The maximum absolute atomic E-state index is 12.4. The lowest BCUT2D eigenvalue weighted by atomic mass is 10.3. The van der Waals surface area contributed by atoms with E-state index in [1.807, 2.05) is 0 Å². The summed E-state index contributed by atoms with van der Waals surface area (Å²) >= 11 is 0. The van der Waals surface area contributed by atoms with Gasteiger partial charge >= 0.3 is 12.1 Å². The van der Waals surface area contributed by atoms with Crippen molar-refractivity contribution in [2.75, 3.05) is 23.7 Å². The Labute approximate surface area is 129 Å². The topological polar surface area (TPSA) is 87.1 Å². The lowest BCUT2D eigenvalue weighted by Gasteiger charge is -2.09. The molecule has 0 saturated carbocycles. The van der Waals surface area contributed by atoms with Crippen LogP contribution in [0.15, 0.2) is 36.7 Å². The summed E-state index contributed by atoms with van der Waals surface area (Å²) < 4.78 is 37.1. The second-order valence-electron chi connectivity index (χ2n) is 4.52. The van der Waals surface area contributed by atoms with Gasteiger partial charge in [0.1, 0.15) is 11.6 Å². The number of halogens is 3. The molecular formula is C14H13F3N4O2. The van der Waals surface area contributed by atoms with Crippen molar-refractivity contribution in [1.82, 2.24) is 9.97 Å². The number of carboxylic acid groups (broad SMARTS) is 1. The number of carboxylic acids is 1. The summed E-state index contributed by atoms with van der Waals surface area (Å²) in [6.07, 6.45) is -2.40. The quantitative estimate of drug-likeness (QED) is 0.708. The highest BCUT2D eigenvalue weighted by molar-refractivity contribution is 5.87. The number of alkyl halides is 3. The lowest BCUT2D eigenvalue weighted by molar-refractivity contribution is -0.137. The van der Waals surface area contributed by atoms with Crippen molar-refractivity contribution in [2.45, 2.75) is 6.18 Å². The molecule has 2 heterocycles. The Morgan fingerprint density at radius 2 is 1.57 bits per heavy atom. The molecule has 0 radical (unpaired) electrons. The minimum Gasteiger partial charge on any atom is -0.478 e. The first-order valence-electron chi connectivity index (χ1n) is 6.56. The zero-order chi connectivity index (χ0) is 16.9. The van der Waals surface area contributed by atoms with Crippen LogP contribution < -0.4 is 10.6 Å². The molecule has 23 heavy (non-hydrogen) atoms. The fourth-order valence-corrected chi connectivity index (χ4v) is 1.67. The average molecular weight is 326 g/mol. The van der Waals surface area contributed by atoms with E-state index in [1.165, 1.54) is 24.4 Å². The first-order valence-corrected chi connectivity index (χ1v) is 6.56. The van der Waals surface area contributed by atoms with Gasteiger partial charge in [0.05, 0.1) is 11.1 Å². The number of aromatic carboxylic acids is 1. The summed E-state index contributed by atoms with van der Waals surface area (Å²) in [5, 5.41) is 14.5. The third kappa shape index (κ3) is 4.83. The van der Waals surface area contributed by atoms with Crippen LogP contribution in [0, 0.1) is 0 Å². The summed E-state index contributed by atoms with van der Waals surface area (Å²) in [5.74, 6) is -0.231. The minimum absolute atomic E-state index is 0.0858. The Bertz CT molecular complexity index is 657. The Morgan fingerprint density at radius 1 is 1.00 bits per heavy atom. The fourth-order valence-electron chi connectivity index (χ4n) is 1.67. The maximum Gasteiger partial charge on any atom is 0.417 e. The third-order valence-corrected chi connectivity index (χ3v) is 2.84. The van der Waals surface area contributed by atoms with Crippen LogP contribution in [0.1, 0.15) is 15.9 Å². The number of hydrogen-bond acceptors (Lipinski definition) is 5. The van der Waals surface area contributed by atoms with Crippen LogP contribution in [-0.2, 0) is 6.18 Å². The number of rotatable bonds is 6. The van der Waals surface area contributed by atoms with Crippen molar-refractivity contribution in [3.63, 3.8) is 0 Å². The molecule has 6 nitrogen and oxygen atoms in total. The van der Waals surface area contributed by atoms with Crippen molar-refractivity contribution in [3.8, 4) is 0 Å². The SMILES string of the molecule is O=C(O)c1ccc(NCCNc2ccc(C(F)(F)F)cn2)nc1. The molecule has 0 amide bonds. The van der Waals surface area contributed by atoms with E-state index in [0.29, 0.717) is 24.7 Å². The molecule has 0 aromatic carbocycles. The largest absolute Gasteiger partial charge is 0.478 e. The molecule has 3 N–H and O–H groups in total. The minimum atomic E-state index is -4.40. The summed E-state index contributed by atoms with van der Waals surface area (Å²) in [6.45, 7) is 0.836. The van der Waals surface area contributed by atoms with Gasteiger partial charge in [0.2, 0.25) is 0 Å². The van der Waals surface area contributed by atoms with Gasteiger partial charge in [-0.05, 0) is 24.3 Å². The average Bonchev–Trinajstić information content (AvgIpc) is 2.51.